The summed E-state index contributed by atoms with van der Waals surface area (Å²) in [6, 6.07) is 5.26. The zero-order chi connectivity index (χ0) is 15.5. The van der Waals surface area contributed by atoms with Gasteiger partial charge in [-0.25, -0.2) is 4.39 Å². The van der Waals surface area contributed by atoms with Gasteiger partial charge >= 0.3 is 0 Å². The van der Waals surface area contributed by atoms with Crippen molar-refractivity contribution in [3.63, 3.8) is 0 Å². The van der Waals surface area contributed by atoms with Crippen molar-refractivity contribution in [2.45, 2.75) is 64.8 Å². The van der Waals surface area contributed by atoms with Crippen LogP contribution in [0.4, 0.5) is 4.39 Å². The predicted octanol–water partition coefficient (Wildman–Crippen LogP) is 5.24. The smallest absolute Gasteiger partial charge is 0.131 e. The van der Waals surface area contributed by atoms with Crippen LogP contribution >= 0.6 is 0 Å². The van der Waals surface area contributed by atoms with E-state index in [1.807, 2.05) is 12.1 Å². The fourth-order valence-corrected chi connectivity index (χ4v) is 2.66. The molecule has 0 spiro atoms. The SMILES string of the molecule is CCCCCCCCC(NCC)c1ccc(OC)cc1F. The highest BCUT2D eigenvalue weighted by Gasteiger charge is 2.15. The first-order valence-corrected chi connectivity index (χ1v) is 8.29. The number of hydrogen-bond donors (Lipinski definition) is 1. The van der Waals surface area contributed by atoms with Gasteiger partial charge in [0, 0.05) is 17.7 Å². The Morgan fingerprint density at radius 1 is 1.10 bits per heavy atom. The molecule has 0 heterocycles. The third-order valence-electron chi connectivity index (χ3n) is 3.88. The van der Waals surface area contributed by atoms with Crippen molar-refractivity contribution in [1.29, 1.82) is 0 Å². The van der Waals surface area contributed by atoms with E-state index in [0.29, 0.717) is 5.75 Å². The molecular formula is C18H30FNO. The van der Waals surface area contributed by atoms with Crippen molar-refractivity contribution in [3.05, 3.63) is 29.6 Å². The Hall–Kier alpha value is -1.09. The van der Waals surface area contributed by atoms with E-state index in [0.717, 1.165) is 24.9 Å². The van der Waals surface area contributed by atoms with Crippen LogP contribution in [0.5, 0.6) is 5.75 Å². The first-order chi connectivity index (χ1) is 10.2. The Balaban J connectivity index is 2.52. The fraction of sp³-hybridized carbons (Fsp3) is 0.667. The van der Waals surface area contributed by atoms with Crippen LogP contribution in [0.25, 0.3) is 0 Å². The van der Waals surface area contributed by atoms with Gasteiger partial charge in [0.1, 0.15) is 11.6 Å². The normalized spacial score (nSPS) is 12.4. The van der Waals surface area contributed by atoms with E-state index in [1.54, 1.807) is 7.11 Å². The van der Waals surface area contributed by atoms with E-state index in [9.17, 15) is 4.39 Å². The Kier molecular flexibility index (Phi) is 9.07. The van der Waals surface area contributed by atoms with Crippen molar-refractivity contribution in [2.75, 3.05) is 13.7 Å². The minimum atomic E-state index is -0.175. The lowest BCUT2D eigenvalue weighted by Crippen LogP contribution is -2.22. The Morgan fingerprint density at radius 2 is 1.81 bits per heavy atom. The quantitative estimate of drug-likeness (QED) is 0.564. The summed E-state index contributed by atoms with van der Waals surface area (Å²) in [5.41, 5.74) is 0.756. The standard InChI is InChI=1S/C18H30FNO/c1-4-6-7-8-9-10-11-18(20-5-2)16-13-12-15(21-3)14-17(16)19/h12-14,18,20H,4-11H2,1-3H3. The largest absolute Gasteiger partial charge is 0.497 e. The van der Waals surface area contributed by atoms with E-state index < -0.39 is 0 Å². The fourth-order valence-electron chi connectivity index (χ4n) is 2.66. The second-order valence-electron chi connectivity index (χ2n) is 5.55. The number of unbranched alkanes of at least 4 members (excludes halogenated alkanes) is 5. The number of nitrogens with one attached hydrogen (secondary N) is 1. The lowest BCUT2D eigenvalue weighted by atomic mass is 9.99. The average molecular weight is 295 g/mol. The van der Waals surface area contributed by atoms with Crippen LogP contribution in [0.2, 0.25) is 0 Å². The van der Waals surface area contributed by atoms with Crippen LogP contribution < -0.4 is 10.1 Å². The Bertz CT molecular complexity index is 395. The molecule has 3 heteroatoms. The minimum Gasteiger partial charge on any atom is -0.497 e. The summed E-state index contributed by atoms with van der Waals surface area (Å²) < 4.78 is 19.2. The molecule has 0 aliphatic rings. The molecule has 0 aliphatic heterocycles. The molecule has 1 N–H and O–H groups in total. The number of benzene rings is 1. The molecular weight excluding hydrogens is 265 g/mol. The molecule has 2 nitrogen and oxygen atoms in total. The van der Waals surface area contributed by atoms with Gasteiger partial charge in [0.15, 0.2) is 0 Å². The summed E-state index contributed by atoms with van der Waals surface area (Å²) in [7, 11) is 1.56. The van der Waals surface area contributed by atoms with Crippen molar-refractivity contribution in [2.24, 2.45) is 0 Å². The van der Waals surface area contributed by atoms with Gasteiger partial charge < -0.3 is 10.1 Å². The molecule has 1 aromatic rings. The summed E-state index contributed by atoms with van der Waals surface area (Å²) in [5.74, 6) is 0.400. The third kappa shape index (κ3) is 6.47. The summed E-state index contributed by atoms with van der Waals surface area (Å²) in [5, 5.41) is 3.40. The first-order valence-electron chi connectivity index (χ1n) is 8.29. The molecule has 0 fully saturated rings. The van der Waals surface area contributed by atoms with Gasteiger partial charge in [-0.05, 0) is 19.0 Å². The van der Waals surface area contributed by atoms with Crippen LogP contribution in [0.1, 0.15) is 70.4 Å². The molecule has 0 amide bonds. The maximum absolute atomic E-state index is 14.2. The molecule has 0 bridgehead atoms. The molecule has 21 heavy (non-hydrogen) atoms. The molecule has 1 unspecified atom stereocenters. The van der Waals surface area contributed by atoms with Gasteiger partial charge in [-0.15, -0.1) is 0 Å². The molecule has 0 aromatic heterocycles. The second-order valence-corrected chi connectivity index (χ2v) is 5.55. The molecule has 0 radical (unpaired) electrons. The van der Waals surface area contributed by atoms with Crippen molar-refractivity contribution in [1.82, 2.24) is 5.32 Å². The monoisotopic (exact) mass is 295 g/mol. The van der Waals surface area contributed by atoms with Crippen LogP contribution in [0.15, 0.2) is 18.2 Å². The molecule has 1 rings (SSSR count). The summed E-state index contributed by atoms with van der Waals surface area (Å²) in [6.45, 7) is 5.15. The highest BCUT2D eigenvalue weighted by molar-refractivity contribution is 5.30. The van der Waals surface area contributed by atoms with E-state index in [2.05, 4.69) is 19.2 Å². The van der Waals surface area contributed by atoms with Gasteiger partial charge in [0.2, 0.25) is 0 Å². The molecule has 0 saturated carbocycles. The van der Waals surface area contributed by atoms with Crippen LogP contribution in [-0.4, -0.2) is 13.7 Å². The maximum Gasteiger partial charge on any atom is 0.131 e. The van der Waals surface area contributed by atoms with Gasteiger partial charge in [-0.3, -0.25) is 0 Å². The Morgan fingerprint density at radius 3 is 2.43 bits per heavy atom. The summed E-state index contributed by atoms with van der Waals surface area (Å²) in [6.07, 6.45) is 8.58. The third-order valence-corrected chi connectivity index (χ3v) is 3.88. The zero-order valence-corrected chi connectivity index (χ0v) is 13.8. The lowest BCUT2D eigenvalue weighted by Gasteiger charge is -2.19. The minimum absolute atomic E-state index is 0.104. The van der Waals surface area contributed by atoms with Crippen molar-refractivity contribution in [3.8, 4) is 5.75 Å². The summed E-state index contributed by atoms with van der Waals surface area (Å²) in [4.78, 5) is 0. The van der Waals surface area contributed by atoms with Crippen molar-refractivity contribution < 1.29 is 9.13 Å². The first kappa shape index (κ1) is 18.0. The molecule has 1 atom stereocenters. The molecule has 0 aliphatic carbocycles. The Labute approximate surface area is 129 Å². The molecule has 1 aromatic carbocycles. The van der Waals surface area contributed by atoms with E-state index in [-0.39, 0.29) is 11.9 Å². The molecule has 120 valence electrons. The topological polar surface area (TPSA) is 21.3 Å². The highest BCUT2D eigenvalue weighted by Crippen LogP contribution is 2.26. The highest BCUT2D eigenvalue weighted by atomic mass is 19.1. The van der Waals surface area contributed by atoms with Gasteiger partial charge in [0.25, 0.3) is 0 Å². The van der Waals surface area contributed by atoms with Gasteiger partial charge in [-0.1, -0.05) is 58.4 Å². The number of ether oxygens (including phenoxy) is 1. The lowest BCUT2D eigenvalue weighted by molar-refractivity contribution is 0.407. The molecule has 0 saturated heterocycles. The van der Waals surface area contributed by atoms with Gasteiger partial charge in [0.05, 0.1) is 7.11 Å². The van der Waals surface area contributed by atoms with Gasteiger partial charge in [-0.2, -0.15) is 0 Å². The number of rotatable bonds is 11. The summed E-state index contributed by atoms with van der Waals surface area (Å²) >= 11 is 0. The zero-order valence-electron chi connectivity index (χ0n) is 13.8. The average Bonchev–Trinajstić information content (AvgIpc) is 2.49. The number of halogens is 1. The predicted molar refractivity (Wildman–Crippen MR) is 87.4 cm³/mol. The number of methoxy groups -OCH3 is 1. The van der Waals surface area contributed by atoms with Crippen molar-refractivity contribution >= 4 is 0 Å². The van der Waals surface area contributed by atoms with Crippen LogP contribution in [-0.2, 0) is 0 Å². The number of hydrogen-bond acceptors (Lipinski definition) is 2. The van der Waals surface area contributed by atoms with Crippen LogP contribution in [0, 0.1) is 5.82 Å². The van der Waals surface area contributed by atoms with E-state index >= 15 is 0 Å². The maximum atomic E-state index is 14.2. The van der Waals surface area contributed by atoms with E-state index in [1.165, 1.54) is 38.2 Å². The van der Waals surface area contributed by atoms with E-state index in [4.69, 9.17) is 4.74 Å². The van der Waals surface area contributed by atoms with Crippen LogP contribution in [0.3, 0.4) is 0 Å². The second kappa shape index (κ2) is 10.6.